The Labute approximate surface area is 108 Å². The van der Waals surface area contributed by atoms with Gasteiger partial charge in [0.15, 0.2) is 0 Å². The molecule has 0 atom stereocenters. The topological polar surface area (TPSA) is 0 Å². The third-order valence-electron chi connectivity index (χ3n) is 3.09. The Bertz CT molecular complexity index is 477. The van der Waals surface area contributed by atoms with Gasteiger partial charge in [-0.05, 0) is 33.9 Å². The number of rotatable bonds is 3. The second-order valence-electron chi connectivity index (χ2n) is 5.11. The van der Waals surface area contributed by atoms with Gasteiger partial charge in [-0.3, -0.25) is 0 Å². The molecule has 90 valence electrons. The van der Waals surface area contributed by atoms with Crippen LogP contribution in [0.1, 0.15) is 50.7 Å². The van der Waals surface area contributed by atoms with Crippen LogP contribution in [0.2, 0.25) is 0 Å². The van der Waals surface area contributed by atoms with Crippen LogP contribution in [0, 0.1) is 0 Å². The van der Waals surface area contributed by atoms with E-state index in [0.29, 0.717) is 11.8 Å². The second-order valence-corrected chi connectivity index (χ2v) is 5.99. The van der Waals surface area contributed by atoms with Crippen molar-refractivity contribution in [3.8, 4) is 10.4 Å². The first-order valence-corrected chi connectivity index (χ1v) is 7.16. The summed E-state index contributed by atoms with van der Waals surface area (Å²) in [6, 6.07) is 10.7. The van der Waals surface area contributed by atoms with Crippen molar-refractivity contribution in [2.45, 2.75) is 39.5 Å². The van der Waals surface area contributed by atoms with Gasteiger partial charge in [-0.2, -0.15) is 0 Å². The minimum atomic E-state index is 0.592. The molecule has 0 spiro atoms. The third kappa shape index (κ3) is 2.44. The first-order valence-electron chi connectivity index (χ1n) is 6.28. The monoisotopic (exact) mass is 244 g/mol. The van der Waals surface area contributed by atoms with Crippen LogP contribution in [0.4, 0.5) is 0 Å². The van der Waals surface area contributed by atoms with Crippen LogP contribution in [0.3, 0.4) is 0 Å². The Hall–Kier alpha value is -1.08. The predicted molar refractivity (Wildman–Crippen MR) is 77.9 cm³/mol. The van der Waals surface area contributed by atoms with E-state index in [0.717, 1.165) is 0 Å². The average molecular weight is 244 g/mol. The molecule has 0 radical (unpaired) electrons. The molecule has 0 saturated heterocycles. The normalized spacial score (nSPS) is 11.4. The molecule has 0 N–H and O–H groups in total. The fourth-order valence-electron chi connectivity index (χ4n) is 2.24. The Morgan fingerprint density at radius 1 is 0.882 bits per heavy atom. The van der Waals surface area contributed by atoms with Gasteiger partial charge in [-0.1, -0.05) is 58.0 Å². The molecule has 2 rings (SSSR count). The summed E-state index contributed by atoms with van der Waals surface area (Å²) >= 11 is 1.89. The van der Waals surface area contributed by atoms with Gasteiger partial charge in [0.1, 0.15) is 0 Å². The van der Waals surface area contributed by atoms with Crippen molar-refractivity contribution < 1.29 is 0 Å². The highest BCUT2D eigenvalue weighted by Crippen LogP contribution is 2.40. The van der Waals surface area contributed by atoms with Crippen LogP contribution in [0.15, 0.2) is 35.7 Å². The summed E-state index contributed by atoms with van der Waals surface area (Å²) in [4.78, 5) is 1.45. The van der Waals surface area contributed by atoms with Crippen LogP contribution in [-0.2, 0) is 0 Å². The lowest BCUT2D eigenvalue weighted by molar-refractivity contribution is 0.800. The Balaban J connectivity index is 2.56. The maximum atomic E-state index is 2.34. The van der Waals surface area contributed by atoms with Gasteiger partial charge >= 0.3 is 0 Å². The number of thiophene rings is 1. The molecule has 1 heterocycles. The van der Waals surface area contributed by atoms with Gasteiger partial charge in [0, 0.05) is 4.88 Å². The molecule has 0 aliphatic carbocycles. The lowest BCUT2D eigenvalue weighted by Crippen LogP contribution is -1.95. The highest BCUT2D eigenvalue weighted by atomic mass is 32.1. The predicted octanol–water partition coefficient (Wildman–Crippen LogP) is 5.66. The van der Waals surface area contributed by atoms with Crippen molar-refractivity contribution in [1.29, 1.82) is 0 Å². The second kappa shape index (κ2) is 5.05. The van der Waals surface area contributed by atoms with Crippen LogP contribution in [0.5, 0.6) is 0 Å². The van der Waals surface area contributed by atoms with Gasteiger partial charge in [-0.15, -0.1) is 11.3 Å². The van der Waals surface area contributed by atoms with Crippen LogP contribution < -0.4 is 0 Å². The summed E-state index contributed by atoms with van der Waals surface area (Å²) in [6.07, 6.45) is 0. The van der Waals surface area contributed by atoms with Crippen molar-refractivity contribution in [3.63, 3.8) is 0 Å². The molecular formula is C16H20S. The molecule has 0 fully saturated rings. The minimum absolute atomic E-state index is 0.592. The lowest BCUT2D eigenvalue weighted by Gasteiger charge is -2.13. The highest BCUT2D eigenvalue weighted by molar-refractivity contribution is 7.14. The molecular weight excluding hydrogens is 224 g/mol. The zero-order valence-corrected chi connectivity index (χ0v) is 11.8. The van der Waals surface area contributed by atoms with Crippen molar-refractivity contribution in [2.24, 2.45) is 0 Å². The van der Waals surface area contributed by atoms with E-state index in [1.807, 2.05) is 11.3 Å². The summed E-state index contributed by atoms with van der Waals surface area (Å²) in [5.41, 5.74) is 4.41. The zero-order chi connectivity index (χ0) is 12.4. The van der Waals surface area contributed by atoms with E-state index < -0.39 is 0 Å². The first kappa shape index (κ1) is 12.4. The standard InChI is InChI=1S/C16H20S/c1-11(2)14-10-17-16(15(14)12(3)4)13-8-6-5-7-9-13/h5-12H,1-4H3. The minimum Gasteiger partial charge on any atom is -0.143 e. The summed E-state index contributed by atoms with van der Waals surface area (Å²) < 4.78 is 0. The molecule has 1 aromatic heterocycles. The molecule has 1 heteroatoms. The van der Waals surface area contributed by atoms with Crippen molar-refractivity contribution >= 4 is 11.3 Å². The van der Waals surface area contributed by atoms with Gasteiger partial charge in [0.05, 0.1) is 0 Å². The fourth-order valence-corrected chi connectivity index (χ4v) is 3.63. The molecule has 1 aromatic carbocycles. The van der Waals surface area contributed by atoms with Crippen LogP contribution >= 0.6 is 11.3 Å². The molecule has 0 aliphatic heterocycles. The fraction of sp³-hybridized carbons (Fsp3) is 0.375. The molecule has 17 heavy (non-hydrogen) atoms. The maximum Gasteiger partial charge on any atom is 0.0380 e. The van der Waals surface area contributed by atoms with E-state index in [1.165, 1.54) is 21.6 Å². The Morgan fingerprint density at radius 3 is 2.06 bits per heavy atom. The van der Waals surface area contributed by atoms with E-state index >= 15 is 0 Å². The average Bonchev–Trinajstić information content (AvgIpc) is 2.74. The quantitative estimate of drug-likeness (QED) is 0.653. The molecule has 2 aromatic rings. The first-order chi connectivity index (χ1) is 8.11. The maximum absolute atomic E-state index is 2.34. The van der Waals surface area contributed by atoms with Crippen molar-refractivity contribution in [2.75, 3.05) is 0 Å². The largest absolute Gasteiger partial charge is 0.143 e. The van der Waals surface area contributed by atoms with Gasteiger partial charge in [0.25, 0.3) is 0 Å². The summed E-state index contributed by atoms with van der Waals surface area (Å²) in [7, 11) is 0. The smallest absolute Gasteiger partial charge is 0.0380 e. The highest BCUT2D eigenvalue weighted by Gasteiger charge is 2.17. The molecule has 0 saturated carbocycles. The van der Waals surface area contributed by atoms with Gasteiger partial charge in [0.2, 0.25) is 0 Å². The molecule has 0 aliphatic rings. The molecule has 0 amide bonds. The number of hydrogen-bond acceptors (Lipinski definition) is 1. The van der Waals surface area contributed by atoms with Crippen LogP contribution in [0.25, 0.3) is 10.4 Å². The molecule has 0 nitrogen and oxygen atoms in total. The molecule has 0 unspecified atom stereocenters. The number of benzene rings is 1. The lowest BCUT2D eigenvalue weighted by atomic mass is 9.91. The summed E-state index contributed by atoms with van der Waals surface area (Å²) in [6.45, 7) is 9.14. The van der Waals surface area contributed by atoms with Gasteiger partial charge in [-0.25, -0.2) is 0 Å². The van der Waals surface area contributed by atoms with E-state index in [-0.39, 0.29) is 0 Å². The zero-order valence-electron chi connectivity index (χ0n) is 11.0. The molecule has 0 bridgehead atoms. The summed E-state index contributed by atoms with van der Waals surface area (Å²) in [5.74, 6) is 1.20. The van der Waals surface area contributed by atoms with E-state index in [2.05, 4.69) is 63.4 Å². The van der Waals surface area contributed by atoms with Gasteiger partial charge < -0.3 is 0 Å². The van der Waals surface area contributed by atoms with E-state index in [9.17, 15) is 0 Å². The van der Waals surface area contributed by atoms with E-state index in [1.54, 1.807) is 0 Å². The van der Waals surface area contributed by atoms with Crippen molar-refractivity contribution in [1.82, 2.24) is 0 Å². The van der Waals surface area contributed by atoms with E-state index in [4.69, 9.17) is 0 Å². The SMILES string of the molecule is CC(C)c1csc(-c2ccccc2)c1C(C)C. The van der Waals surface area contributed by atoms with Crippen LogP contribution in [-0.4, -0.2) is 0 Å². The Kier molecular flexibility index (Phi) is 3.68. The summed E-state index contributed by atoms with van der Waals surface area (Å²) in [5, 5.41) is 2.34. The number of hydrogen-bond donors (Lipinski definition) is 0. The van der Waals surface area contributed by atoms with Crippen molar-refractivity contribution in [3.05, 3.63) is 46.8 Å². The Morgan fingerprint density at radius 2 is 1.53 bits per heavy atom. The third-order valence-corrected chi connectivity index (χ3v) is 4.16.